The molecule has 5 aromatic carbocycles. The van der Waals surface area contributed by atoms with Crippen molar-refractivity contribution in [3.8, 4) is 90.5 Å². The Morgan fingerprint density at radius 2 is 0.704 bits per heavy atom. The van der Waals surface area contributed by atoms with Gasteiger partial charge in [0.15, 0.2) is 17.5 Å². The molecule has 254 valence electrons. The third-order valence-electron chi connectivity index (χ3n) is 9.21. The second kappa shape index (κ2) is 14.7. The number of nitrogens with zero attached hydrogens (tertiary/aromatic N) is 6. The largest absolute Gasteiger partial charge is 0.255 e. The summed E-state index contributed by atoms with van der Waals surface area (Å²) in [5, 5.41) is 0. The van der Waals surface area contributed by atoms with Crippen LogP contribution in [0.4, 0.5) is 0 Å². The van der Waals surface area contributed by atoms with Gasteiger partial charge in [-0.1, -0.05) is 146 Å². The molecule has 0 spiro atoms. The molecule has 6 heteroatoms. The Morgan fingerprint density at radius 3 is 1.35 bits per heavy atom. The zero-order chi connectivity index (χ0) is 36.1. The van der Waals surface area contributed by atoms with Crippen molar-refractivity contribution in [1.82, 2.24) is 29.9 Å². The van der Waals surface area contributed by atoms with E-state index in [9.17, 15) is 0 Å². The lowest BCUT2D eigenvalue weighted by Gasteiger charge is -2.13. The summed E-state index contributed by atoms with van der Waals surface area (Å²) in [6.45, 7) is 0. The van der Waals surface area contributed by atoms with Crippen molar-refractivity contribution in [2.75, 3.05) is 0 Å². The standard InChI is InChI=1S/C48H32N6/c1-4-16-33(17-5-1)38-31-44(42-26-12-13-29-49-42)51-45(32-38)43-28-15-27-41(50-43)40-25-11-10-24-39(40)36-22-14-23-37(30-36)48-53-46(34-18-6-2-7-19-34)52-47(54-48)35-20-8-3-9-21-35/h1-32H. The third kappa shape index (κ3) is 6.79. The summed E-state index contributed by atoms with van der Waals surface area (Å²) in [4.78, 5) is 29.7. The summed E-state index contributed by atoms with van der Waals surface area (Å²) in [6.07, 6.45) is 1.79. The molecule has 0 aliphatic heterocycles. The van der Waals surface area contributed by atoms with E-state index < -0.39 is 0 Å². The molecule has 0 N–H and O–H groups in total. The minimum absolute atomic E-state index is 0.607. The van der Waals surface area contributed by atoms with E-state index in [4.69, 9.17) is 24.9 Å². The number of pyridine rings is 3. The smallest absolute Gasteiger partial charge is 0.164 e. The van der Waals surface area contributed by atoms with E-state index in [0.29, 0.717) is 17.5 Å². The van der Waals surface area contributed by atoms with Gasteiger partial charge >= 0.3 is 0 Å². The lowest BCUT2D eigenvalue weighted by Crippen LogP contribution is -2.00. The van der Waals surface area contributed by atoms with E-state index in [1.807, 2.05) is 109 Å². The normalized spacial score (nSPS) is 11.0. The Morgan fingerprint density at radius 1 is 0.241 bits per heavy atom. The molecule has 9 aromatic rings. The topological polar surface area (TPSA) is 77.3 Å². The van der Waals surface area contributed by atoms with Crippen molar-refractivity contribution >= 4 is 0 Å². The number of hydrogen-bond acceptors (Lipinski definition) is 6. The van der Waals surface area contributed by atoms with Crippen LogP contribution in [0.1, 0.15) is 0 Å². The van der Waals surface area contributed by atoms with Gasteiger partial charge in [-0.25, -0.2) is 24.9 Å². The molecule has 0 bridgehead atoms. The molecule has 0 amide bonds. The number of benzene rings is 5. The molecular formula is C48H32N6. The summed E-state index contributed by atoms with van der Waals surface area (Å²) < 4.78 is 0. The molecule has 0 radical (unpaired) electrons. The Labute approximate surface area is 313 Å². The van der Waals surface area contributed by atoms with Crippen molar-refractivity contribution in [2.24, 2.45) is 0 Å². The fourth-order valence-electron chi connectivity index (χ4n) is 6.55. The van der Waals surface area contributed by atoms with Crippen LogP contribution in [0, 0.1) is 0 Å². The quantitative estimate of drug-likeness (QED) is 0.158. The molecule has 9 rings (SSSR count). The summed E-state index contributed by atoms with van der Waals surface area (Å²) in [5.74, 6) is 1.86. The fraction of sp³-hybridized carbons (Fsp3) is 0. The highest BCUT2D eigenvalue weighted by atomic mass is 15.0. The minimum atomic E-state index is 0.607. The maximum atomic E-state index is 5.22. The van der Waals surface area contributed by atoms with Crippen molar-refractivity contribution in [3.05, 3.63) is 194 Å². The summed E-state index contributed by atoms with van der Waals surface area (Å²) in [6, 6.07) is 63.3. The van der Waals surface area contributed by atoms with Crippen molar-refractivity contribution < 1.29 is 0 Å². The van der Waals surface area contributed by atoms with Crippen molar-refractivity contribution in [2.45, 2.75) is 0 Å². The fourth-order valence-corrected chi connectivity index (χ4v) is 6.55. The van der Waals surface area contributed by atoms with Crippen LogP contribution in [0.25, 0.3) is 90.5 Å². The van der Waals surface area contributed by atoms with Crippen LogP contribution in [0.5, 0.6) is 0 Å². The van der Waals surface area contributed by atoms with E-state index in [1.165, 1.54) is 0 Å². The van der Waals surface area contributed by atoms with Crippen LogP contribution in [0.15, 0.2) is 194 Å². The molecule has 54 heavy (non-hydrogen) atoms. The summed E-state index contributed by atoms with van der Waals surface area (Å²) in [5.41, 5.74) is 12.0. The average molecular weight is 693 g/mol. The first-order valence-electron chi connectivity index (χ1n) is 17.8. The third-order valence-corrected chi connectivity index (χ3v) is 9.21. The summed E-state index contributed by atoms with van der Waals surface area (Å²) in [7, 11) is 0. The predicted octanol–water partition coefficient (Wildman–Crippen LogP) is 11.4. The van der Waals surface area contributed by atoms with Gasteiger partial charge in [-0.3, -0.25) is 4.98 Å². The Bertz CT molecular complexity index is 2400. The van der Waals surface area contributed by atoms with Crippen LogP contribution in [0.3, 0.4) is 0 Å². The van der Waals surface area contributed by atoms with E-state index in [-0.39, 0.29) is 0 Å². The molecular weight excluding hydrogens is 661 g/mol. The highest BCUT2D eigenvalue weighted by molar-refractivity contribution is 5.85. The van der Waals surface area contributed by atoms with E-state index in [1.54, 1.807) is 6.20 Å². The van der Waals surface area contributed by atoms with Gasteiger partial charge < -0.3 is 0 Å². The Kier molecular flexibility index (Phi) is 8.81. The van der Waals surface area contributed by atoms with Crippen LogP contribution < -0.4 is 0 Å². The first-order chi connectivity index (χ1) is 26.7. The number of hydrogen-bond donors (Lipinski definition) is 0. The summed E-state index contributed by atoms with van der Waals surface area (Å²) >= 11 is 0. The molecule has 0 unspecified atom stereocenters. The van der Waals surface area contributed by atoms with E-state index in [2.05, 4.69) is 83.8 Å². The van der Waals surface area contributed by atoms with E-state index in [0.717, 1.165) is 73.0 Å². The highest BCUT2D eigenvalue weighted by Gasteiger charge is 2.16. The lowest BCUT2D eigenvalue weighted by atomic mass is 9.95. The van der Waals surface area contributed by atoms with Crippen molar-refractivity contribution in [1.29, 1.82) is 0 Å². The Hall–Kier alpha value is -7.44. The lowest BCUT2D eigenvalue weighted by molar-refractivity contribution is 1.07. The zero-order valence-corrected chi connectivity index (χ0v) is 29.2. The number of aromatic nitrogens is 6. The second-order valence-corrected chi connectivity index (χ2v) is 12.8. The first kappa shape index (κ1) is 32.5. The van der Waals surface area contributed by atoms with Crippen LogP contribution in [0.2, 0.25) is 0 Å². The predicted molar refractivity (Wildman–Crippen MR) is 217 cm³/mol. The number of rotatable bonds is 8. The van der Waals surface area contributed by atoms with Gasteiger partial charge in [-0.15, -0.1) is 0 Å². The van der Waals surface area contributed by atoms with Crippen LogP contribution in [-0.4, -0.2) is 29.9 Å². The molecule has 4 heterocycles. The molecule has 0 aliphatic carbocycles. The van der Waals surface area contributed by atoms with E-state index >= 15 is 0 Å². The molecule has 0 aliphatic rings. The average Bonchev–Trinajstić information content (AvgIpc) is 3.27. The van der Waals surface area contributed by atoms with Crippen LogP contribution >= 0.6 is 0 Å². The van der Waals surface area contributed by atoms with Gasteiger partial charge in [-0.05, 0) is 64.7 Å². The monoisotopic (exact) mass is 692 g/mol. The molecule has 4 aromatic heterocycles. The molecule has 0 atom stereocenters. The van der Waals surface area contributed by atoms with Gasteiger partial charge in [0.25, 0.3) is 0 Å². The van der Waals surface area contributed by atoms with Gasteiger partial charge in [0.05, 0.1) is 28.5 Å². The molecule has 6 nitrogen and oxygen atoms in total. The van der Waals surface area contributed by atoms with Gasteiger partial charge in [-0.2, -0.15) is 0 Å². The van der Waals surface area contributed by atoms with Crippen molar-refractivity contribution in [3.63, 3.8) is 0 Å². The maximum Gasteiger partial charge on any atom is 0.164 e. The van der Waals surface area contributed by atoms with Gasteiger partial charge in [0.1, 0.15) is 0 Å². The van der Waals surface area contributed by atoms with Gasteiger partial charge in [0, 0.05) is 28.5 Å². The van der Waals surface area contributed by atoms with Crippen LogP contribution in [-0.2, 0) is 0 Å². The molecule has 0 fully saturated rings. The molecule has 0 saturated carbocycles. The van der Waals surface area contributed by atoms with Gasteiger partial charge in [0.2, 0.25) is 0 Å². The first-order valence-corrected chi connectivity index (χ1v) is 17.8. The SMILES string of the molecule is c1ccc(-c2cc(-c3ccccn3)nc(-c3cccc(-c4ccccc4-c4cccc(-c5nc(-c6ccccc6)nc(-c6ccccc6)n5)c4)n3)c2)cc1. The highest BCUT2D eigenvalue weighted by Crippen LogP contribution is 2.35. The Balaban J connectivity index is 1.12. The second-order valence-electron chi connectivity index (χ2n) is 12.8. The molecule has 0 saturated heterocycles. The minimum Gasteiger partial charge on any atom is -0.255 e. The zero-order valence-electron chi connectivity index (χ0n) is 29.2. The maximum absolute atomic E-state index is 5.22.